The van der Waals surface area contributed by atoms with Crippen molar-refractivity contribution in [2.45, 2.75) is 0 Å². The second-order valence-electron chi connectivity index (χ2n) is 6.40. The fourth-order valence-corrected chi connectivity index (χ4v) is 3.95. The maximum absolute atomic E-state index is 13.3. The third-order valence-corrected chi connectivity index (χ3v) is 5.76. The smallest absolute Gasteiger partial charge is 0.197 e. The van der Waals surface area contributed by atoms with Crippen molar-refractivity contribution in [3.63, 3.8) is 0 Å². The van der Waals surface area contributed by atoms with E-state index in [1.54, 1.807) is 12.1 Å². The van der Waals surface area contributed by atoms with Gasteiger partial charge in [-0.2, -0.15) is 5.26 Å². The first-order chi connectivity index (χ1) is 13.6. The van der Waals surface area contributed by atoms with Crippen LogP contribution in [0.1, 0.15) is 15.9 Å². The average Bonchev–Trinajstić information content (AvgIpc) is 3.18. The third kappa shape index (κ3) is 3.44. The normalized spacial score (nSPS) is 17.1. The molecule has 0 spiro atoms. The summed E-state index contributed by atoms with van der Waals surface area (Å²) >= 11 is 6.86. The van der Waals surface area contributed by atoms with Crippen LogP contribution in [0.3, 0.4) is 0 Å². The average molecular weight is 497 g/mol. The minimum absolute atomic E-state index is 0.102. The van der Waals surface area contributed by atoms with Crippen LogP contribution in [-0.4, -0.2) is 23.8 Å². The quantitative estimate of drug-likeness (QED) is 0.479. The molecule has 0 saturated carbocycles. The fraction of sp³-hybridized carbons (Fsp3) is 0.0909. The highest BCUT2D eigenvalue weighted by atomic mass is 79.9. The van der Waals surface area contributed by atoms with E-state index in [4.69, 9.17) is 0 Å². The van der Waals surface area contributed by atoms with Gasteiger partial charge in [0.15, 0.2) is 5.78 Å². The van der Waals surface area contributed by atoms with Crippen LogP contribution in [0, 0.1) is 11.3 Å². The number of benzene rings is 2. The first-order valence-electron chi connectivity index (χ1n) is 8.72. The van der Waals surface area contributed by atoms with Crippen LogP contribution in [0.4, 0.5) is 0 Å². The van der Waals surface area contributed by atoms with E-state index >= 15 is 0 Å². The lowest BCUT2D eigenvalue weighted by atomic mass is 9.91. The van der Waals surface area contributed by atoms with Crippen molar-refractivity contribution in [1.82, 2.24) is 10.2 Å². The van der Waals surface area contributed by atoms with E-state index in [1.807, 2.05) is 42.5 Å². The largest absolute Gasteiger partial charge is 0.369 e. The summed E-state index contributed by atoms with van der Waals surface area (Å²) in [5, 5.41) is 12.7. The van der Waals surface area contributed by atoms with Crippen LogP contribution < -0.4 is 5.32 Å². The molecule has 4 nitrogen and oxygen atoms in total. The van der Waals surface area contributed by atoms with Gasteiger partial charge in [-0.25, -0.2) is 0 Å². The van der Waals surface area contributed by atoms with Gasteiger partial charge in [0.1, 0.15) is 5.82 Å². The summed E-state index contributed by atoms with van der Waals surface area (Å²) < 4.78 is 1.91. The number of halogens is 2. The number of nitrogens with zero attached hydrogens (tertiary/aromatic N) is 2. The van der Waals surface area contributed by atoms with Gasteiger partial charge in [0, 0.05) is 39.2 Å². The van der Waals surface area contributed by atoms with Crippen molar-refractivity contribution in [2.24, 2.45) is 0 Å². The SMILES string of the molecule is N#C/C=C1/C=C(c2ccc(Br)cc2)N2CCNC2=C1C(=O)c1ccc(Br)cc1. The number of hydrogen-bond donors (Lipinski definition) is 1. The molecule has 0 unspecified atom stereocenters. The minimum Gasteiger partial charge on any atom is -0.369 e. The number of fused-ring (bicyclic) bond motifs is 1. The Morgan fingerprint density at radius 2 is 1.71 bits per heavy atom. The zero-order chi connectivity index (χ0) is 19.7. The van der Waals surface area contributed by atoms with Gasteiger partial charge >= 0.3 is 0 Å². The Morgan fingerprint density at radius 1 is 1.07 bits per heavy atom. The third-order valence-electron chi connectivity index (χ3n) is 4.70. The molecule has 0 radical (unpaired) electrons. The molecular formula is C22H15Br2N3O. The summed E-state index contributed by atoms with van der Waals surface area (Å²) in [5.41, 5.74) is 3.74. The number of nitrogens with one attached hydrogen (secondary N) is 1. The molecular weight excluding hydrogens is 482 g/mol. The summed E-state index contributed by atoms with van der Waals surface area (Å²) in [4.78, 5) is 15.4. The maximum Gasteiger partial charge on any atom is 0.197 e. The molecule has 0 amide bonds. The standard InChI is InChI=1S/C22H15Br2N3O/c23-17-5-1-14(2-6-17)19-13-16(9-10-25)20(22-26-11-12-27(19)22)21(28)15-3-7-18(24)8-4-15/h1-9,13,26H,11-12H2/b16-9-. The van der Waals surface area contributed by atoms with Crippen molar-refractivity contribution < 1.29 is 4.79 Å². The predicted molar refractivity (Wildman–Crippen MR) is 116 cm³/mol. The number of carbonyl (C=O) groups is 1. The van der Waals surface area contributed by atoms with Gasteiger partial charge in [-0.3, -0.25) is 4.79 Å². The summed E-state index contributed by atoms with van der Waals surface area (Å²) in [6.07, 6.45) is 3.37. The molecule has 0 bridgehead atoms. The summed E-state index contributed by atoms with van der Waals surface area (Å²) in [6, 6.07) is 17.4. The predicted octanol–water partition coefficient (Wildman–Crippen LogP) is 5.02. The molecule has 138 valence electrons. The summed E-state index contributed by atoms with van der Waals surface area (Å²) in [6.45, 7) is 1.49. The van der Waals surface area contributed by atoms with E-state index in [0.717, 1.165) is 39.1 Å². The van der Waals surface area contributed by atoms with Gasteiger partial charge in [0.2, 0.25) is 0 Å². The molecule has 0 atom stereocenters. The molecule has 6 heteroatoms. The molecule has 2 aliphatic rings. The highest BCUT2D eigenvalue weighted by Crippen LogP contribution is 2.37. The molecule has 2 heterocycles. The van der Waals surface area contributed by atoms with Crippen molar-refractivity contribution in [3.8, 4) is 6.07 Å². The van der Waals surface area contributed by atoms with Crippen molar-refractivity contribution in [1.29, 1.82) is 5.26 Å². The Morgan fingerprint density at radius 3 is 2.36 bits per heavy atom. The topological polar surface area (TPSA) is 56.1 Å². The van der Waals surface area contributed by atoms with Crippen LogP contribution in [0.5, 0.6) is 0 Å². The van der Waals surface area contributed by atoms with Gasteiger partial charge in [-0.05, 0) is 48.0 Å². The van der Waals surface area contributed by atoms with E-state index in [-0.39, 0.29) is 5.78 Å². The molecule has 2 aliphatic heterocycles. The van der Waals surface area contributed by atoms with Gasteiger partial charge in [0.25, 0.3) is 0 Å². The number of ketones is 1. The second-order valence-corrected chi connectivity index (χ2v) is 8.23. The Balaban J connectivity index is 1.83. The highest BCUT2D eigenvalue weighted by Gasteiger charge is 2.33. The highest BCUT2D eigenvalue weighted by molar-refractivity contribution is 9.10. The zero-order valence-electron chi connectivity index (χ0n) is 14.7. The van der Waals surface area contributed by atoms with Crippen molar-refractivity contribution >= 4 is 43.3 Å². The number of Topliss-reactive ketones (excluding diaryl/α,β-unsaturated/α-hetero) is 1. The molecule has 2 aromatic carbocycles. The van der Waals surface area contributed by atoms with Crippen LogP contribution in [0.25, 0.3) is 5.70 Å². The maximum atomic E-state index is 13.3. The first-order valence-corrected chi connectivity index (χ1v) is 10.3. The number of nitriles is 1. The minimum atomic E-state index is -0.102. The molecule has 28 heavy (non-hydrogen) atoms. The van der Waals surface area contributed by atoms with Crippen LogP contribution in [-0.2, 0) is 0 Å². The lowest BCUT2D eigenvalue weighted by Gasteiger charge is -2.30. The van der Waals surface area contributed by atoms with Crippen LogP contribution >= 0.6 is 31.9 Å². The number of carbonyl (C=O) groups excluding carboxylic acids is 1. The number of rotatable bonds is 3. The fourth-order valence-electron chi connectivity index (χ4n) is 3.42. The molecule has 1 N–H and O–H groups in total. The Kier molecular flexibility index (Phi) is 5.21. The molecule has 1 saturated heterocycles. The van der Waals surface area contributed by atoms with Gasteiger partial charge in [-0.1, -0.05) is 44.0 Å². The molecule has 2 aromatic rings. The van der Waals surface area contributed by atoms with Crippen molar-refractivity contribution in [2.75, 3.05) is 13.1 Å². The van der Waals surface area contributed by atoms with E-state index in [1.165, 1.54) is 6.08 Å². The monoisotopic (exact) mass is 495 g/mol. The molecule has 1 fully saturated rings. The van der Waals surface area contributed by atoms with E-state index in [0.29, 0.717) is 16.7 Å². The number of hydrogen-bond acceptors (Lipinski definition) is 4. The Bertz CT molecular complexity index is 1070. The van der Waals surface area contributed by atoms with Gasteiger partial charge in [-0.15, -0.1) is 0 Å². The molecule has 0 aliphatic carbocycles. The first kappa shape index (κ1) is 18.7. The lowest BCUT2D eigenvalue weighted by Crippen LogP contribution is -2.27. The van der Waals surface area contributed by atoms with Gasteiger partial charge in [0.05, 0.1) is 17.3 Å². The zero-order valence-corrected chi connectivity index (χ0v) is 17.9. The summed E-state index contributed by atoms with van der Waals surface area (Å²) in [5.74, 6) is 0.657. The Hall–Kier alpha value is -2.62. The lowest BCUT2D eigenvalue weighted by molar-refractivity contribution is 0.103. The molecule has 4 rings (SSSR count). The van der Waals surface area contributed by atoms with Gasteiger partial charge < -0.3 is 10.2 Å². The van der Waals surface area contributed by atoms with E-state index in [2.05, 4.69) is 48.1 Å². The van der Waals surface area contributed by atoms with Crippen LogP contribution in [0.15, 0.2) is 86.6 Å². The Labute approximate surface area is 180 Å². The van der Waals surface area contributed by atoms with E-state index in [9.17, 15) is 10.1 Å². The van der Waals surface area contributed by atoms with Crippen molar-refractivity contribution in [3.05, 3.63) is 97.7 Å². The summed E-state index contributed by atoms with van der Waals surface area (Å²) in [7, 11) is 0. The molecule has 0 aromatic heterocycles. The number of allylic oxidation sites excluding steroid dienone is 4. The second kappa shape index (κ2) is 7.78. The van der Waals surface area contributed by atoms with Crippen LogP contribution in [0.2, 0.25) is 0 Å². The van der Waals surface area contributed by atoms with E-state index < -0.39 is 0 Å².